The van der Waals surface area contributed by atoms with Crippen LogP contribution in [0.3, 0.4) is 0 Å². The van der Waals surface area contributed by atoms with Gasteiger partial charge in [0, 0.05) is 12.5 Å². The average Bonchev–Trinajstić information content (AvgIpc) is 2.35. The van der Waals surface area contributed by atoms with Gasteiger partial charge in [-0.1, -0.05) is 11.8 Å². The first-order valence-corrected chi connectivity index (χ1v) is 11.3. The summed E-state index contributed by atoms with van der Waals surface area (Å²) in [6.07, 6.45) is -2.21. The van der Waals surface area contributed by atoms with Crippen molar-refractivity contribution in [1.82, 2.24) is 18.7 Å². The van der Waals surface area contributed by atoms with Gasteiger partial charge in [0.15, 0.2) is 5.78 Å². The highest BCUT2D eigenvalue weighted by molar-refractivity contribution is 8.18. The summed E-state index contributed by atoms with van der Waals surface area (Å²) in [5.74, 6) is 0.240. The Labute approximate surface area is 135 Å². The summed E-state index contributed by atoms with van der Waals surface area (Å²) in [6.45, 7) is 4.08. The number of carbonyl (C=O) groups is 1. The Morgan fingerprint density at radius 1 is 0.952 bits per heavy atom. The number of hydrogen-bond donors (Lipinski definition) is 0. The quantitative estimate of drug-likeness (QED) is 0.702. The lowest BCUT2D eigenvalue weighted by Crippen LogP contribution is -2.59. The number of Topliss-reactive ketones (excluding diaryl/α,β-unsaturated/α-hetero) is 1. The molecule has 8 heteroatoms. The van der Waals surface area contributed by atoms with Crippen molar-refractivity contribution >= 4 is 36.4 Å². The fraction of sp³-hybridized carbons (Fsp3) is 0.846. The normalized spacial score (nSPS) is 26.2. The zero-order valence-corrected chi connectivity index (χ0v) is 17.6. The lowest BCUT2D eigenvalue weighted by Gasteiger charge is -2.63. The van der Waals surface area contributed by atoms with E-state index in [4.69, 9.17) is 11.8 Å². The molecular weight excluding hydrogens is 322 g/mol. The van der Waals surface area contributed by atoms with Gasteiger partial charge in [-0.05, 0) is 70.2 Å². The Morgan fingerprint density at radius 3 is 1.52 bits per heavy atom. The van der Waals surface area contributed by atoms with E-state index in [1.807, 2.05) is 35.1 Å². The van der Waals surface area contributed by atoms with E-state index in [1.54, 1.807) is 0 Å². The van der Waals surface area contributed by atoms with Gasteiger partial charge < -0.3 is 0 Å². The van der Waals surface area contributed by atoms with Gasteiger partial charge in [-0.25, -0.2) is 0 Å². The van der Waals surface area contributed by atoms with Crippen LogP contribution in [0.4, 0.5) is 0 Å². The molecule has 1 aliphatic heterocycles. The molecule has 0 aliphatic carbocycles. The minimum atomic E-state index is -2.21. The standard InChI is InChI=1S/C13H30N4OP2S/c1-11-12(18)13(2,19(11,14(3)4)15(5)6)20(21,16(7)8)17(9)10/h1-10H3. The van der Waals surface area contributed by atoms with Crippen molar-refractivity contribution in [2.75, 3.05) is 56.4 Å². The highest BCUT2D eigenvalue weighted by Crippen LogP contribution is 2.84. The van der Waals surface area contributed by atoms with Crippen LogP contribution >= 0.6 is 13.5 Å². The van der Waals surface area contributed by atoms with Gasteiger partial charge in [0.2, 0.25) is 0 Å². The summed E-state index contributed by atoms with van der Waals surface area (Å²) in [5, 5.41) is 0.984. The zero-order chi connectivity index (χ0) is 17.0. The molecule has 0 fully saturated rings. The number of rotatable bonds is 5. The van der Waals surface area contributed by atoms with Crippen LogP contribution in [0.15, 0.2) is 0 Å². The summed E-state index contributed by atoms with van der Waals surface area (Å²) in [6, 6.07) is 0. The Bertz CT molecular complexity index is 532. The summed E-state index contributed by atoms with van der Waals surface area (Å²) in [5.41, 5.74) is 0. The van der Waals surface area contributed by atoms with E-state index in [1.165, 1.54) is 0 Å². The molecule has 0 aromatic carbocycles. The maximum absolute atomic E-state index is 13.0. The lowest BCUT2D eigenvalue weighted by molar-refractivity contribution is -0.114. The van der Waals surface area contributed by atoms with Crippen LogP contribution in [-0.4, -0.2) is 91.0 Å². The Morgan fingerprint density at radius 2 is 1.29 bits per heavy atom. The number of carbonyl (C=O) groups excluding carboxylic acids is 1. The maximum Gasteiger partial charge on any atom is 0.181 e. The maximum atomic E-state index is 13.0. The Kier molecular flexibility index (Phi) is 5.41. The molecule has 0 bridgehead atoms. The number of ketones is 1. The zero-order valence-electron chi connectivity index (χ0n) is 15.0. The highest BCUT2D eigenvalue weighted by Gasteiger charge is 2.67. The fourth-order valence-electron chi connectivity index (χ4n) is 4.09. The molecular formula is C13H30N4OP2S. The van der Waals surface area contributed by atoms with E-state index in [0.29, 0.717) is 0 Å². The molecule has 1 unspecified atom stereocenters. The molecule has 0 saturated carbocycles. The third kappa shape index (κ3) is 2.04. The summed E-state index contributed by atoms with van der Waals surface area (Å²) < 4.78 is 8.71. The smallest absolute Gasteiger partial charge is 0.181 e. The SMILES string of the molecule is CC1=P(N(C)C)(N(C)C)C(C)(P(=S)(N(C)C)N(C)C)C1=O. The number of hydrogen-bond acceptors (Lipinski definition) is 4. The van der Waals surface area contributed by atoms with Crippen LogP contribution in [-0.2, 0) is 16.6 Å². The molecule has 0 N–H and O–H groups in total. The van der Waals surface area contributed by atoms with Gasteiger partial charge >= 0.3 is 0 Å². The summed E-state index contributed by atoms with van der Waals surface area (Å²) in [4.78, 5) is 12.5. The van der Waals surface area contributed by atoms with Gasteiger partial charge in [-0.15, -0.1) is 0 Å². The second-order valence-corrected chi connectivity index (χ2v) is 16.3. The van der Waals surface area contributed by atoms with E-state index in [-0.39, 0.29) is 5.78 Å². The fourth-order valence-corrected chi connectivity index (χ4v) is 17.1. The molecule has 5 nitrogen and oxygen atoms in total. The Hall–Kier alpha value is 0.460. The summed E-state index contributed by atoms with van der Waals surface area (Å²) in [7, 11) is 14.4. The molecule has 0 saturated heterocycles. The van der Waals surface area contributed by atoms with E-state index in [0.717, 1.165) is 5.29 Å². The van der Waals surface area contributed by atoms with E-state index in [2.05, 4.69) is 53.8 Å². The van der Waals surface area contributed by atoms with Crippen molar-refractivity contribution in [2.24, 2.45) is 0 Å². The van der Waals surface area contributed by atoms with Crippen LogP contribution in [0.1, 0.15) is 13.8 Å². The molecule has 124 valence electrons. The van der Waals surface area contributed by atoms with Crippen molar-refractivity contribution in [1.29, 1.82) is 0 Å². The predicted molar refractivity (Wildman–Crippen MR) is 100 cm³/mol. The van der Waals surface area contributed by atoms with Gasteiger partial charge in [-0.3, -0.25) is 23.5 Å². The molecule has 0 aromatic heterocycles. The molecule has 0 amide bonds. The van der Waals surface area contributed by atoms with Crippen LogP contribution in [0, 0.1) is 0 Å². The molecule has 1 aliphatic rings. The second-order valence-electron chi connectivity index (χ2n) is 6.47. The second kappa shape index (κ2) is 5.83. The van der Waals surface area contributed by atoms with Crippen molar-refractivity contribution in [3.63, 3.8) is 0 Å². The van der Waals surface area contributed by atoms with E-state index >= 15 is 0 Å². The summed E-state index contributed by atoms with van der Waals surface area (Å²) >= 11 is 6.16. The molecule has 21 heavy (non-hydrogen) atoms. The number of nitrogens with zero attached hydrogens (tertiary/aromatic N) is 4. The molecule has 1 heterocycles. The van der Waals surface area contributed by atoms with Crippen LogP contribution in [0.5, 0.6) is 0 Å². The molecule has 1 atom stereocenters. The van der Waals surface area contributed by atoms with Crippen molar-refractivity contribution in [2.45, 2.75) is 18.7 Å². The van der Waals surface area contributed by atoms with Crippen LogP contribution in [0.25, 0.3) is 0 Å². The molecule has 0 aromatic rings. The minimum Gasteiger partial charge on any atom is -0.293 e. The highest BCUT2D eigenvalue weighted by atomic mass is 32.4. The molecule has 0 radical (unpaired) electrons. The van der Waals surface area contributed by atoms with Gasteiger partial charge in [0.05, 0.1) is 6.34 Å². The van der Waals surface area contributed by atoms with Crippen LogP contribution < -0.4 is 0 Å². The first-order chi connectivity index (χ1) is 9.34. The van der Waals surface area contributed by atoms with Gasteiger partial charge in [0.25, 0.3) is 0 Å². The van der Waals surface area contributed by atoms with E-state index < -0.39 is 18.4 Å². The molecule has 1 rings (SSSR count). The first kappa shape index (κ1) is 19.5. The lowest BCUT2D eigenvalue weighted by atomic mass is 10.2. The van der Waals surface area contributed by atoms with E-state index in [9.17, 15) is 4.79 Å². The monoisotopic (exact) mass is 352 g/mol. The van der Waals surface area contributed by atoms with Crippen LogP contribution in [0.2, 0.25) is 0 Å². The predicted octanol–water partition coefficient (Wildman–Crippen LogP) is 1.88. The minimum absolute atomic E-state index is 0.240. The average molecular weight is 352 g/mol. The van der Waals surface area contributed by atoms with Crippen molar-refractivity contribution in [3.8, 4) is 0 Å². The van der Waals surface area contributed by atoms with Gasteiger partial charge in [0.1, 0.15) is 4.90 Å². The van der Waals surface area contributed by atoms with Crippen molar-refractivity contribution < 1.29 is 4.79 Å². The Balaban J connectivity index is 3.85. The van der Waals surface area contributed by atoms with Crippen molar-refractivity contribution in [3.05, 3.63) is 0 Å². The largest absolute Gasteiger partial charge is 0.293 e. The van der Waals surface area contributed by atoms with Gasteiger partial charge in [-0.2, -0.15) is 0 Å². The first-order valence-electron chi connectivity index (χ1n) is 6.94. The molecule has 0 spiro atoms. The third-order valence-corrected chi connectivity index (χ3v) is 18.2. The third-order valence-electron chi connectivity index (χ3n) is 4.64. The topological polar surface area (TPSA) is 30.0 Å².